The molecule has 0 aliphatic rings. The van der Waals surface area contributed by atoms with Gasteiger partial charge in [0.05, 0.1) is 25.7 Å². The second kappa shape index (κ2) is 5.78. The normalized spacial score (nSPS) is 10.7. The maximum Gasteiger partial charge on any atom is 0.196 e. The second-order valence-electron chi connectivity index (χ2n) is 3.95. The van der Waals surface area contributed by atoms with Crippen LogP contribution in [-0.4, -0.2) is 5.78 Å². The maximum atomic E-state index is 13.3. The van der Waals surface area contributed by atoms with Gasteiger partial charge in [0.2, 0.25) is 0 Å². The van der Waals surface area contributed by atoms with Crippen LogP contribution in [0, 0.1) is 5.82 Å². The number of hydrogen-bond acceptors (Lipinski definition) is 2. The Hall–Kier alpha value is -1.000. The molecule has 0 radical (unpaired) electrons. The molecule has 0 amide bonds. The van der Waals surface area contributed by atoms with Crippen LogP contribution in [0.4, 0.5) is 10.1 Å². The van der Waals surface area contributed by atoms with Gasteiger partial charge in [0.1, 0.15) is 5.82 Å². The molecule has 0 aromatic heterocycles. The molecule has 0 fully saturated rings. The van der Waals surface area contributed by atoms with Crippen LogP contribution in [0.15, 0.2) is 24.3 Å². The summed E-state index contributed by atoms with van der Waals surface area (Å²) in [6, 6.07) is 4.75. The van der Waals surface area contributed by atoms with Gasteiger partial charge in [-0.1, -0.05) is 46.4 Å². The average Bonchev–Trinajstić information content (AvgIpc) is 2.34. The first-order chi connectivity index (χ1) is 9.31. The van der Waals surface area contributed by atoms with E-state index in [1.165, 1.54) is 12.1 Å². The van der Waals surface area contributed by atoms with E-state index in [1.807, 2.05) is 0 Å². The first-order valence-corrected chi connectivity index (χ1v) is 6.76. The van der Waals surface area contributed by atoms with Crippen molar-refractivity contribution in [3.8, 4) is 0 Å². The fourth-order valence-electron chi connectivity index (χ4n) is 1.66. The Morgan fingerprint density at radius 1 is 0.950 bits per heavy atom. The molecule has 0 saturated carbocycles. The monoisotopic (exact) mass is 351 g/mol. The van der Waals surface area contributed by atoms with Crippen molar-refractivity contribution < 1.29 is 9.18 Å². The third kappa shape index (κ3) is 2.86. The number of carbonyl (C=O) groups is 1. The molecule has 7 heteroatoms. The van der Waals surface area contributed by atoms with E-state index >= 15 is 0 Å². The van der Waals surface area contributed by atoms with E-state index < -0.39 is 11.6 Å². The van der Waals surface area contributed by atoms with Crippen LogP contribution in [-0.2, 0) is 0 Å². The van der Waals surface area contributed by atoms with Gasteiger partial charge in [-0.2, -0.15) is 0 Å². The zero-order chi connectivity index (χ0) is 15.0. The molecule has 0 spiro atoms. The summed E-state index contributed by atoms with van der Waals surface area (Å²) >= 11 is 23.6. The zero-order valence-corrected chi connectivity index (χ0v) is 12.7. The lowest BCUT2D eigenvalue weighted by molar-refractivity contribution is 0.103. The fraction of sp³-hybridized carbons (Fsp3) is 0. The van der Waals surface area contributed by atoms with Gasteiger partial charge in [0.15, 0.2) is 5.78 Å². The highest BCUT2D eigenvalue weighted by Gasteiger charge is 2.21. The van der Waals surface area contributed by atoms with Gasteiger partial charge in [-0.3, -0.25) is 4.79 Å². The number of halogens is 5. The van der Waals surface area contributed by atoms with Gasteiger partial charge in [0.25, 0.3) is 0 Å². The van der Waals surface area contributed by atoms with Crippen molar-refractivity contribution in [1.82, 2.24) is 0 Å². The lowest BCUT2D eigenvalue weighted by Gasteiger charge is -2.10. The Morgan fingerprint density at radius 3 is 2.20 bits per heavy atom. The number of ketones is 1. The van der Waals surface area contributed by atoms with Crippen LogP contribution in [0.25, 0.3) is 0 Å². The number of anilines is 1. The molecule has 0 unspecified atom stereocenters. The molecule has 2 aromatic carbocycles. The molecule has 2 nitrogen and oxygen atoms in total. The highest BCUT2D eigenvalue weighted by molar-refractivity contribution is 6.51. The van der Waals surface area contributed by atoms with Gasteiger partial charge in [-0.15, -0.1) is 0 Å². The standard InChI is InChI=1S/C13H6Cl4FNO/c14-8-4-9(15)11(16)12(17)10(8)13(20)5-1-6(18)3-7(19)2-5/h1-4H,19H2. The number of benzene rings is 2. The van der Waals surface area contributed by atoms with Crippen molar-refractivity contribution in [3.05, 3.63) is 61.3 Å². The molecule has 0 bridgehead atoms. The van der Waals surface area contributed by atoms with Crippen molar-refractivity contribution >= 4 is 57.9 Å². The molecule has 0 heterocycles. The highest BCUT2D eigenvalue weighted by Crippen LogP contribution is 2.38. The predicted octanol–water partition coefficient (Wildman–Crippen LogP) is 5.25. The number of nitrogens with two attached hydrogens (primary N) is 1. The zero-order valence-electron chi connectivity index (χ0n) is 9.68. The number of rotatable bonds is 2. The first-order valence-electron chi connectivity index (χ1n) is 5.25. The van der Waals surface area contributed by atoms with Crippen LogP contribution in [0.2, 0.25) is 20.1 Å². The van der Waals surface area contributed by atoms with Crippen molar-refractivity contribution in [1.29, 1.82) is 0 Å². The van der Waals surface area contributed by atoms with E-state index in [1.54, 1.807) is 0 Å². The summed E-state index contributed by atoms with van der Waals surface area (Å²) < 4.78 is 13.3. The van der Waals surface area contributed by atoms with Gasteiger partial charge in [-0.05, 0) is 24.3 Å². The summed E-state index contributed by atoms with van der Waals surface area (Å²) in [5.74, 6) is -1.23. The van der Waals surface area contributed by atoms with Crippen LogP contribution >= 0.6 is 46.4 Å². The molecule has 20 heavy (non-hydrogen) atoms. The van der Waals surface area contributed by atoms with E-state index in [2.05, 4.69) is 0 Å². The van der Waals surface area contributed by atoms with Crippen molar-refractivity contribution in [2.75, 3.05) is 5.73 Å². The Bertz CT molecular complexity index is 698. The summed E-state index contributed by atoms with van der Waals surface area (Å²) in [4.78, 5) is 12.4. The molecule has 2 N–H and O–H groups in total. The SMILES string of the molecule is Nc1cc(F)cc(C(=O)c2c(Cl)cc(Cl)c(Cl)c2Cl)c1. The molecule has 0 atom stereocenters. The molecule has 2 aromatic rings. The van der Waals surface area contributed by atoms with Gasteiger partial charge in [-0.25, -0.2) is 4.39 Å². The van der Waals surface area contributed by atoms with E-state index in [9.17, 15) is 9.18 Å². The Labute approximate surface area is 134 Å². The Balaban J connectivity index is 2.62. The molecule has 0 aliphatic carbocycles. The second-order valence-corrected chi connectivity index (χ2v) is 5.52. The molecule has 0 aliphatic heterocycles. The quantitative estimate of drug-likeness (QED) is 0.347. The Morgan fingerprint density at radius 2 is 1.60 bits per heavy atom. The highest BCUT2D eigenvalue weighted by atomic mass is 35.5. The molecule has 104 valence electrons. The number of carbonyl (C=O) groups excluding carboxylic acids is 1. The summed E-state index contributed by atoms with van der Waals surface area (Å²) in [6.07, 6.45) is 0. The summed E-state index contributed by atoms with van der Waals surface area (Å²) in [5.41, 5.74) is 5.58. The van der Waals surface area contributed by atoms with Gasteiger partial charge in [0, 0.05) is 11.3 Å². The third-order valence-electron chi connectivity index (χ3n) is 2.52. The van der Waals surface area contributed by atoms with Crippen molar-refractivity contribution in [2.45, 2.75) is 0 Å². The maximum absolute atomic E-state index is 13.3. The summed E-state index contributed by atoms with van der Waals surface area (Å²) in [7, 11) is 0. The first kappa shape index (κ1) is 15.4. The van der Waals surface area contributed by atoms with E-state index in [-0.39, 0.29) is 36.9 Å². The Kier molecular flexibility index (Phi) is 4.45. The molecule has 0 saturated heterocycles. The lowest BCUT2D eigenvalue weighted by Crippen LogP contribution is -2.05. The van der Waals surface area contributed by atoms with E-state index in [4.69, 9.17) is 52.1 Å². The molecular formula is C13H6Cl4FNO. The largest absolute Gasteiger partial charge is 0.399 e. The van der Waals surface area contributed by atoms with Crippen LogP contribution < -0.4 is 5.73 Å². The van der Waals surface area contributed by atoms with Crippen molar-refractivity contribution in [2.24, 2.45) is 0 Å². The van der Waals surface area contributed by atoms with Crippen molar-refractivity contribution in [3.63, 3.8) is 0 Å². The fourth-order valence-corrected chi connectivity index (χ4v) is 2.75. The lowest BCUT2D eigenvalue weighted by atomic mass is 10.0. The minimum atomic E-state index is -0.638. The predicted molar refractivity (Wildman–Crippen MR) is 80.7 cm³/mol. The topological polar surface area (TPSA) is 43.1 Å². The third-order valence-corrected chi connectivity index (χ3v) is 4.08. The smallest absolute Gasteiger partial charge is 0.196 e. The van der Waals surface area contributed by atoms with Crippen LogP contribution in [0.3, 0.4) is 0 Å². The summed E-state index contributed by atoms with van der Waals surface area (Å²) in [6.45, 7) is 0. The average molecular weight is 353 g/mol. The van der Waals surface area contributed by atoms with Gasteiger partial charge < -0.3 is 5.73 Å². The minimum absolute atomic E-state index is 0.00505. The van der Waals surface area contributed by atoms with Gasteiger partial charge >= 0.3 is 0 Å². The van der Waals surface area contributed by atoms with E-state index in [0.29, 0.717) is 0 Å². The minimum Gasteiger partial charge on any atom is -0.399 e. The van der Waals surface area contributed by atoms with E-state index in [0.717, 1.165) is 12.1 Å². The number of hydrogen-bond donors (Lipinski definition) is 1. The molecule has 2 rings (SSSR count). The van der Waals surface area contributed by atoms with Crippen LogP contribution in [0.1, 0.15) is 15.9 Å². The van der Waals surface area contributed by atoms with Crippen LogP contribution in [0.5, 0.6) is 0 Å². The molecular weight excluding hydrogens is 347 g/mol. The summed E-state index contributed by atoms with van der Waals surface area (Å²) in [5, 5.41) is 0.0664. The number of nitrogen functional groups attached to an aromatic ring is 1.